The number of rotatable bonds is 7. The molecular weight excluding hydrogens is 452 g/mol. The number of benzene rings is 1. The first-order chi connectivity index (χ1) is 16.6. The third kappa shape index (κ3) is 3.98. The highest BCUT2D eigenvalue weighted by atomic mass is 35.5. The van der Waals surface area contributed by atoms with Crippen LogP contribution in [0.5, 0.6) is 5.88 Å². The zero-order valence-electron chi connectivity index (χ0n) is 19.0. The summed E-state index contributed by atoms with van der Waals surface area (Å²) in [6.45, 7) is 2.32. The maximum atomic E-state index is 6.49. The van der Waals surface area contributed by atoms with Crippen molar-refractivity contribution in [2.45, 2.75) is 13.5 Å². The molecule has 5 rings (SSSR count). The minimum Gasteiger partial charge on any atom is -0.479 e. The topological polar surface area (TPSA) is 78.5 Å². The SMILES string of the molecule is COCc1c(-c2ccccc2Cl)nc2c(Nc3ccc(-n4cnc(C)c4)c(OC)n3)cccn12. The van der Waals surface area contributed by atoms with Gasteiger partial charge in [0, 0.05) is 25.1 Å². The molecule has 0 saturated carbocycles. The van der Waals surface area contributed by atoms with Crippen LogP contribution in [0.3, 0.4) is 0 Å². The van der Waals surface area contributed by atoms with E-state index in [1.807, 2.05) is 76.8 Å². The van der Waals surface area contributed by atoms with E-state index in [0.29, 0.717) is 23.3 Å². The summed E-state index contributed by atoms with van der Waals surface area (Å²) in [5, 5.41) is 4.01. The van der Waals surface area contributed by atoms with Crippen LogP contribution in [0.2, 0.25) is 5.02 Å². The first-order valence-corrected chi connectivity index (χ1v) is 11.0. The first-order valence-electron chi connectivity index (χ1n) is 10.7. The quantitative estimate of drug-likeness (QED) is 0.338. The molecule has 0 aliphatic rings. The van der Waals surface area contributed by atoms with Crippen molar-refractivity contribution >= 4 is 28.8 Å². The fourth-order valence-corrected chi connectivity index (χ4v) is 4.12. The van der Waals surface area contributed by atoms with Gasteiger partial charge >= 0.3 is 0 Å². The number of methoxy groups -OCH3 is 2. The fourth-order valence-electron chi connectivity index (χ4n) is 3.90. The van der Waals surface area contributed by atoms with Crippen molar-refractivity contribution in [3.05, 3.63) is 83.7 Å². The number of nitrogens with one attached hydrogen (secondary N) is 1. The minimum absolute atomic E-state index is 0.385. The lowest BCUT2D eigenvalue weighted by atomic mass is 10.1. The van der Waals surface area contributed by atoms with Crippen LogP contribution in [0.25, 0.3) is 22.6 Å². The first kappa shape index (κ1) is 21.9. The van der Waals surface area contributed by atoms with Crippen molar-refractivity contribution in [1.82, 2.24) is 23.9 Å². The summed E-state index contributed by atoms with van der Waals surface area (Å²) in [5.41, 5.74) is 5.78. The molecular formula is C25H23ClN6O2. The Hall–Kier alpha value is -3.88. The van der Waals surface area contributed by atoms with E-state index in [4.69, 9.17) is 26.1 Å². The van der Waals surface area contributed by atoms with Crippen molar-refractivity contribution in [1.29, 1.82) is 0 Å². The Balaban J connectivity index is 1.57. The molecule has 172 valence electrons. The maximum absolute atomic E-state index is 6.49. The summed E-state index contributed by atoms with van der Waals surface area (Å²) in [6.07, 6.45) is 5.62. The number of aryl methyl sites for hydroxylation is 1. The average molecular weight is 475 g/mol. The van der Waals surface area contributed by atoms with E-state index >= 15 is 0 Å². The van der Waals surface area contributed by atoms with Crippen LogP contribution in [-0.4, -0.2) is 38.1 Å². The summed E-state index contributed by atoms with van der Waals surface area (Å²) in [6, 6.07) is 15.4. The van der Waals surface area contributed by atoms with Crippen LogP contribution in [-0.2, 0) is 11.3 Å². The molecule has 8 nitrogen and oxygen atoms in total. The van der Waals surface area contributed by atoms with Gasteiger partial charge < -0.3 is 19.4 Å². The zero-order valence-corrected chi connectivity index (χ0v) is 19.7. The van der Waals surface area contributed by atoms with E-state index in [0.717, 1.165) is 39.7 Å². The monoisotopic (exact) mass is 474 g/mol. The van der Waals surface area contributed by atoms with Crippen LogP contribution in [0.4, 0.5) is 11.5 Å². The Morgan fingerprint density at radius 2 is 1.88 bits per heavy atom. The van der Waals surface area contributed by atoms with Gasteiger partial charge in [-0.3, -0.25) is 4.40 Å². The molecule has 0 fully saturated rings. The summed E-state index contributed by atoms with van der Waals surface area (Å²) in [7, 11) is 3.26. The molecule has 0 atom stereocenters. The Kier molecular flexibility index (Phi) is 5.91. The van der Waals surface area contributed by atoms with Gasteiger partial charge in [-0.1, -0.05) is 29.8 Å². The van der Waals surface area contributed by atoms with Gasteiger partial charge in [0.15, 0.2) is 5.65 Å². The molecule has 1 N–H and O–H groups in total. The van der Waals surface area contributed by atoms with Gasteiger partial charge in [-0.15, -0.1) is 0 Å². The normalized spacial score (nSPS) is 11.2. The molecule has 0 aliphatic heterocycles. The molecule has 34 heavy (non-hydrogen) atoms. The van der Waals surface area contributed by atoms with Crippen LogP contribution in [0.1, 0.15) is 11.4 Å². The molecule has 9 heteroatoms. The lowest BCUT2D eigenvalue weighted by Crippen LogP contribution is -2.02. The third-order valence-corrected chi connectivity index (χ3v) is 5.77. The Labute approximate surface area is 201 Å². The van der Waals surface area contributed by atoms with Crippen LogP contribution < -0.4 is 10.1 Å². The predicted molar refractivity (Wildman–Crippen MR) is 132 cm³/mol. The van der Waals surface area contributed by atoms with E-state index in [1.165, 1.54) is 0 Å². The summed E-state index contributed by atoms with van der Waals surface area (Å²) >= 11 is 6.49. The minimum atomic E-state index is 0.385. The smallest absolute Gasteiger partial charge is 0.240 e. The van der Waals surface area contributed by atoms with E-state index in [9.17, 15) is 0 Å². The van der Waals surface area contributed by atoms with Gasteiger partial charge in [0.2, 0.25) is 5.88 Å². The van der Waals surface area contributed by atoms with E-state index in [-0.39, 0.29) is 0 Å². The van der Waals surface area contributed by atoms with Crippen molar-refractivity contribution in [2.75, 3.05) is 19.5 Å². The molecule has 5 aromatic rings. The Bertz CT molecular complexity index is 1480. The van der Waals surface area contributed by atoms with Crippen LogP contribution in [0, 0.1) is 6.92 Å². The summed E-state index contributed by atoms with van der Waals surface area (Å²) in [5.74, 6) is 1.11. The van der Waals surface area contributed by atoms with Crippen molar-refractivity contribution < 1.29 is 9.47 Å². The second kappa shape index (κ2) is 9.17. The van der Waals surface area contributed by atoms with Gasteiger partial charge in [0.05, 0.1) is 47.8 Å². The lowest BCUT2D eigenvalue weighted by Gasteiger charge is -2.12. The van der Waals surface area contributed by atoms with Crippen LogP contribution >= 0.6 is 11.6 Å². The third-order valence-electron chi connectivity index (χ3n) is 5.45. The van der Waals surface area contributed by atoms with Crippen molar-refractivity contribution in [2.24, 2.45) is 0 Å². The number of hydrogen-bond acceptors (Lipinski definition) is 6. The number of hydrogen-bond donors (Lipinski definition) is 1. The maximum Gasteiger partial charge on any atom is 0.240 e. The molecule has 4 aromatic heterocycles. The molecule has 0 amide bonds. The van der Waals surface area contributed by atoms with E-state index in [2.05, 4.69) is 15.3 Å². The number of pyridine rings is 2. The number of imidazole rings is 2. The second-order valence-electron chi connectivity index (χ2n) is 7.71. The highest BCUT2D eigenvalue weighted by Crippen LogP contribution is 2.33. The molecule has 1 aromatic carbocycles. The number of anilines is 2. The molecule has 0 spiro atoms. The number of nitrogens with zero attached hydrogens (tertiary/aromatic N) is 5. The number of halogens is 1. The molecule has 0 unspecified atom stereocenters. The Morgan fingerprint density at radius 1 is 1.03 bits per heavy atom. The average Bonchev–Trinajstić information content (AvgIpc) is 3.44. The number of fused-ring (bicyclic) bond motifs is 1. The lowest BCUT2D eigenvalue weighted by molar-refractivity contribution is 0.181. The summed E-state index contributed by atoms with van der Waals surface area (Å²) < 4.78 is 14.9. The molecule has 0 aliphatic carbocycles. The molecule has 0 saturated heterocycles. The fraction of sp³-hybridized carbons (Fsp3) is 0.160. The molecule has 0 bridgehead atoms. The number of ether oxygens (including phenoxy) is 2. The van der Waals surface area contributed by atoms with Gasteiger partial charge in [-0.05, 0) is 37.3 Å². The largest absolute Gasteiger partial charge is 0.479 e. The summed E-state index contributed by atoms with van der Waals surface area (Å²) in [4.78, 5) is 13.9. The zero-order chi connectivity index (χ0) is 23.7. The standard InChI is InChI=1S/C25H23ClN6O2/c1-16-13-31(15-27-16)20-10-11-22(29-25(20)34-3)28-19-9-6-12-32-21(14-33-2)23(30-24(19)32)17-7-4-5-8-18(17)26/h4-13,15H,14H2,1-3H3,(H,28,29). The highest BCUT2D eigenvalue weighted by Gasteiger charge is 2.18. The van der Waals surface area contributed by atoms with Gasteiger partial charge in [0.25, 0.3) is 0 Å². The predicted octanol–water partition coefficient (Wildman–Crippen LogP) is 5.44. The van der Waals surface area contributed by atoms with Crippen molar-refractivity contribution in [3.63, 3.8) is 0 Å². The van der Waals surface area contributed by atoms with E-state index < -0.39 is 0 Å². The molecule has 0 radical (unpaired) electrons. The Morgan fingerprint density at radius 3 is 2.62 bits per heavy atom. The molecule has 4 heterocycles. The van der Waals surface area contributed by atoms with Crippen LogP contribution in [0.15, 0.2) is 67.3 Å². The van der Waals surface area contributed by atoms with Crippen molar-refractivity contribution in [3.8, 4) is 22.8 Å². The number of aromatic nitrogens is 5. The van der Waals surface area contributed by atoms with E-state index in [1.54, 1.807) is 20.5 Å². The van der Waals surface area contributed by atoms with Gasteiger partial charge in [-0.2, -0.15) is 4.98 Å². The van der Waals surface area contributed by atoms with Gasteiger partial charge in [0.1, 0.15) is 11.5 Å². The van der Waals surface area contributed by atoms with Gasteiger partial charge in [-0.25, -0.2) is 9.97 Å². The highest BCUT2D eigenvalue weighted by molar-refractivity contribution is 6.33. The second-order valence-corrected chi connectivity index (χ2v) is 8.11.